The van der Waals surface area contributed by atoms with E-state index in [-0.39, 0.29) is 5.84 Å². The molecule has 0 amide bonds. The molecular weight excluding hydrogens is 693 g/mol. The van der Waals surface area contributed by atoms with Gasteiger partial charge in [0.15, 0.2) is 5.84 Å². The largest absolute Gasteiger partial charge is 0.383 e. The fourth-order valence-electron chi connectivity index (χ4n) is 8.51. The number of amidine groups is 2. The van der Waals surface area contributed by atoms with Crippen LogP contribution in [0.5, 0.6) is 0 Å². The molecule has 0 unspecified atom stereocenters. The van der Waals surface area contributed by atoms with E-state index in [0.29, 0.717) is 5.84 Å². The van der Waals surface area contributed by atoms with Gasteiger partial charge in [0.25, 0.3) is 0 Å². The number of hydrogen-bond donors (Lipinski definition) is 2. The third-order valence-corrected chi connectivity index (χ3v) is 11.1. The van der Waals surface area contributed by atoms with Crippen LogP contribution in [0.1, 0.15) is 16.7 Å². The first-order chi connectivity index (χ1) is 28.0. The highest BCUT2D eigenvalue weighted by Crippen LogP contribution is 2.42. The van der Waals surface area contributed by atoms with Gasteiger partial charge < -0.3 is 10.1 Å². The molecule has 4 nitrogen and oxygen atoms in total. The van der Waals surface area contributed by atoms with Crippen LogP contribution in [0.2, 0.25) is 0 Å². The van der Waals surface area contributed by atoms with E-state index >= 15 is 0 Å². The Bertz CT molecular complexity index is 3300. The number of benzene rings is 9. The van der Waals surface area contributed by atoms with Gasteiger partial charge in [0.05, 0.1) is 16.6 Å². The van der Waals surface area contributed by atoms with E-state index in [0.717, 1.165) is 54.9 Å². The minimum absolute atomic E-state index is 0.135. The monoisotopic (exact) mass is 730 g/mol. The van der Waals surface area contributed by atoms with Crippen LogP contribution in [0.4, 0.5) is 0 Å². The van der Waals surface area contributed by atoms with Crippen molar-refractivity contribution in [2.24, 2.45) is 10.7 Å². The van der Waals surface area contributed by atoms with Crippen LogP contribution in [-0.2, 0) is 0 Å². The molecular formula is C53H38N4. The molecule has 11 aromatic rings. The zero-order chi connectivity index (χ0) is 38.5. The van der Waals surface area contributed by atoms with E-state index in [1.807, 2.05) is 54.6 Å². The average Bonchev–Trinajstić information content (AvgIpc) is 3.79. The predicted octanol–water partition coefficient (Wildman–Crippen LogP) is 13.2. The summed E-state index contributed by atoms with van der Waals surface area (Å²) >= 11 is 0. The standard InChI is InChI=1S/C46H30N4.C7H8/c47-45(30-11-2-1-3-12-30)49-46(48)43-37-17-7-5-14-33(37)32-13-4-6-16-36(32)42(43)29-23-21-28(22-24-29)31-25-26-35-39-19-10-18-38-34-15-8-9-20-40(34)50(44(38)39)41(35)27-31;1-7-5-3-2-4-6-7/h1-27H,(H3,47,48,49);2-6H,1H3. The number of rotatable bonds is 4. The lowest BCUT2D eigenvalue weighted by atomic mass is 9.87. The second kappa shape index (κ2) is 13.9. The lowest BCUT2D eigenvalue weighted by molar-refractivity contribution is 1.37. The predicted molar refractivity (Wildman–Crippen MR) is 242 cm³/mol. The van der Waals surface area contributed by atoms with Gasteiger partial charge in [-0.2, -0.15) is 0 Å². The minimum atomic E-state index is 0.135. The van der Waals surface area contributed by atoms with Gasteiger partial charge in [-0.3, -0.25) is 5.41 Å². The number of para-hydroxylation sites is 2. The quantitative estimate of drug-likeness (QED) is 0.106. The van der Waals surface area contributed by atoms with Crippen LogP contribution >= 0.6 is 0 Å². The highest BCUT2D eigenvalue weighted by atomic mass is 14.9. The van der Waals surface area contributed by atoms with E-state index in [4.69, 9.17) is 5.73 Å². The fourth-order valence-corrected chi connectivity index (χ4v) is 8.51. The molecule has 0 atom stereocenters. The molecule has 9 aromatic carbocycles. The molecule has 0 spiro atoms. The molecule has 2 heterocycles. The summed E-state index contributed by atoms with van der Waals surface area (Å²) in [6.07, 6.45) is 0. The molecule has 0 saturated heterocycles. The number of aryl methyl sites for hydroxylation is 1. The number of nitrogens with two attached hydrogens (primary N) is 1. The summed E-state index contributed by atoms with van der Waals surface area (Å²) in [4.78, 5) is 4.68. The molecule has 0 saturated carbocycles. The Labute approximate surface area is 330 Å². The Morgan fingerprint density at radius 2 is 0.965 bits per heavy atom. The lowest BCUT2D eigenvalue weighted by Crippen LogP contribution is -2.16. The van der Waals surface area contributed by atoms with Crippen LogP contribution < -0.4 is 5.73 Å². The summed E-state index contributed by atoms with van der Waals surface area (Å²) in [5.74, 6) is 0.455. The molecule has 4 heteroatoms. The lowest BCUT2D eigenvalue weighted by Gasteiger charge is -2.18. The van der Waals surface area contributed by atoms with E-state index in [1.165, 1.54) is 43.7 Å². The maximum absolute atomic E-state index is 9.38. The summed E-state index contributed by atoms with van der Waals surface area (Å²) in [6, 6.07) is 67.5. The fraction of sp³-hybridized carbons (Fsp3) is 0.0189. The van der Waals surface area contributed by atoms with Crippen molar-refractivity contribution in [3.63, 3.8) is 0 Å². The molecule has 2 aromatic heterocycles. The Morgan fingerprint density at radius 3 is 1.63 bits per heavy atom. The first-order valence-corrected chi connectivity index (χ1v) is 19.3. The first-order valence-electron chi connectivity index (χ1n) is 19.3. The number of nitrogens with one attached hydrogen (secondary N) is 1. The van der Waals surface area contributed by atoms with Crippen molar-refractivity contribution in [3.05, 3.63) is 211 Å². The average molecular weight is 731 g/mol. The topological polar surface area (TPSA) is 66.6 Å². The van der Waals surface area contributed by atoms with Crippen LogP contribution in [0, 0.1) is 12.3 Å². The van der Waals surface area contributed by atoms with Gasteiger partial charge in [-0.05, 0) is 57.3 Å². The van der Waals surface area contributed by atoms with Crippen molar-refractivity contribution in [3.8, 4) is 22.3 Å². The first kappa shape index (κ1) is 34.0. The van der Waals surface area contributed by atoms with Crippen molar-refractivity contribution in [2.45, 2.75) is 6.92 Å². The van der Waals surface area contributed by atoms with Gasteiger partial charge in [-0.25, -0.2) is 4.99 Å². The van der Waals surface area contributed by atoms with Crippen molar-refractivity contribution in [2.75, 3.05) is 0 Å². The summed E-state index contributed by atoms with van der Waals surface area (Å²) in [5.41, 5.74) is 17.4. The number of hydrogen-bond acceptors (Lipinski definition) is 1. The molecule has 11 rings (SSSR count). The normalized spacial score (nSPS) is 11.8. The number of aromatic nitrogens is 1. The van der Waals surface area contributed by atoms with Crippen molar-refractivity contribution in [1.82, 2.24) is 4.40 Å². The zero-order valence-electron chi connectivity index (χ0n) is 31.4. The number of aliphatic imine (C=N–C) groups is 1. The number of nitrogens with zero attached hydrogens (tertiary/aromatic N) is 2. The molecule has 270 valence electrons. The van der Waals surface area contributed by atoms with Crippen LogP contribution in [-0.4, -0.2) is 16.1 Å². The van der Waals surface area contributed by atoms with Crippen LogP contribution in [0.3, 0.4) is 0 Å². The van der Waals surface area contributed by atoms with E-state index in [9.17, 15) is 5.41 Å². The molecule has 0 radical (unpaired) electrons. The second-order valence-electron chi connectivity index (χ2n) is 14.6. The highest BCUT2D eigenvalue weighted by molar-refractivity contribution is 6.27. The molecule has 3 N–H and O–H groups in total. The molecule has 0 fully saturated rings. The van der Waals surface area contributed by atoms with E-state index in [2.05, 4.69) is 156 Å². The van der Waals surface area contributed by atoms with Gasteiger partial charge in [0.2, 0.25) is 0 Å². The van der Waals surface area contributed by atoms with Crippen molar-refractivity contribution < 1.29 is 0 Å². The second-order valence-corrected chi connectivity index (χ2v) is 14.6. The summed E-state index contributed by atoms with van der Waals surface area (Å²) < 4.78 is 2.42. The highest BCUT2D eigenvalue weighted by Gasteiger charge is 2.21. The maximum atomic E-state index is 9.38. The molecule has 0 aliphatic rings. The third-order valence-electron chi connectivity index (χ3n) is 11.1. The Kier molecular flexibility index (Phi) is 8.31. The summed E-state index contributed by atoms with van der Waals surface area (Å²) in [6.45, 7) is 2.08. The maximum Gasteiger partial charge on any atom is 0.155 e. The molecule has 0 aliphatic carbocycles. The Balaban J connectivity index is 0.000000514. The van der Waals surface area contributed by atoms with E-state index < -0.39 is 0 Å². The van der Waals surface area contributed by atoms with Gasteiger partial charge in [-0.15, -0.1) is 0 Å². The van der Waals surface area contributed by atoms with Gasteiger partial charge in [0.1, 0.15) is 5.84 Å². The van der Waals surface area contributed by atoms with Gasteiger partial charge >= 0.3 is 0 Å². The third kappa shape index (κ3) is 5.78. The van der Waals surface area contributed by atoms with Crippen LogP contribution in [0.15, 0.2) is 199 Å². The van der Waals surface area contributed by atoms with Gasteiger partial charge in [-0.1, -0.05) is 188 Å². The smallest absolute Gasteiger partial charge is 0.155 e. The summed E-state index contributed by atoms with van der Waals surface area (Å²) in [7, 11) is 0. The summed E-state index contributed by atoms with van der Waals surface area (Å²) in [5, 5.41) is 18.8. The van der Waals surface area contributed by atoms with Gasteiger partial charge in [0, 0.05) is 38.2 Å². The molecule has 0 aliphatic heterocycles. The minimum Gasteiger partial charge on any atom is -0.383 e. The zero-order valence-corrected chi connectivity index (χ0v) is 31.4. The van der Waals surface area contributed by atoms with Crippen molar-refractivity contribution >= 4 is 71.3 Å². The molecule has 0 bridgehead atoms. The Hall–Kier alpha value is -7.56. The van der Waals surface area contributed by atoms with Crippen molar-refractivity contribution in [1.29, 1.82) is 5.41 Å². The van der Waals surface area contributed by atoms with E-state index in [1.54, 1.807) is 0 Å². The molecule has 57 heavy (non-hydrogen) atoms. The van der Waals surface area contributed by atoms with Crippen LogP contribution in [0.25, 0.3) is 81.9 Å². The SMILES string of the molecule is Cc1ccccc1.N=C(N=C(N)c1ccccc1)c1c(-c2ccc(-c3ccc4c5cccc6c7ccccc7n(c4c3)c65)cc2)c2ccccc2c2ccccc12. The number of fused-ring (bicyclic) bond motifs is 9. The Morgan fingerprint density at radius 1 is 0.456 bits per heavy atom.